The Bertz CT molecular complexity index is 394. The summed E-state index contributed by atoms with van der Waals surface area (Å²) in [5.74, 6) is -0.146. The van der Waals surface area contributed by atoms with Crippen molar-refractivity contribution in [1.29, 1.82) is 0 Å². The molecule has 3 nitrogen and oxygen atoms in total. The Morgan fingerprint density at radius 1 is 1.47 bits per heavy atom. The molecule has 0 unspecified atom stereocenters. The van der Waals surface area contributed by atoms with Gasteiger partial charge in [-0.25, -0.2) is 8.78 Å². The van der Waals surface area contributed by atoms with Crippen LogP contribution in [-0.2, 0) is 11.3 Å². The second-order valence-electron chi connectivity index (χ2n) is 4.23. The average Bonchev–Trinajstić information content (AvgIpc) is 2.28. The maximum absolute atomic E-state index is 12.5. The van der Waals surface area contributed by atoms with E-state index in [0.29, 0.717) is 5.69 Å². The second-order valence-corrected chi connectivity index (χ2v) is 4.23. The number of hydrogen-bond acceptors (Lipinski definition) is 2. The van der Waals surface area contributed by atoms with Crippen LogP contribution in [-0.4, -0.2) is 22.8 Å². The highest BCUT2D eigenvalue weighted by atomic mass is 19.3. The first-order valence-electron chi connectivity index (χ1n) is 5.39. The van der Waals surface area contributed by atoms with E-state index in [1.54, 1.807) is 20.9 Å². The molecule has 0 atom stereocenters. The fourth-order valence-electron chi connectivity index (χ4n) is 1.48. The number of hydrogen-bond donors (Lipinski definition) is 0. The lowest BCUT2D eigenvalue weighted by molar-refractivity contribution is -0.133. The molecule has 0 fully saturated rings. The minimum atomic E-state index is -2.51. The third-order valence-electron chi connectivity index (χ3n) is 2.36. The van der Waals surface area contributed by atoms with E-state index in [1.165, 1.54) is 23.2 Å². The quantitative estimate of drug-likeness (QED) is 0.813. The number of aromatic nitrogens is 1. The van der Waals surface area contributed by atoms with Crippen LogP contribution in [0.25, 0.3) is 0 Å². The van der Waals surface area contributed by atoms with Crippen LogP contribution in [0.1, 0.15) is 31.5 Å². The topological polar surface area (TPSA) is 33.2 Å². The summed E-state index contributed by atoms with van der Waals surface area (Å²) in [5, 5.41) is 0. The standard InChI is InChI=1S/C12H16F2N2O/c1-8(2)12(17)16(3)7-10-6-9(11(13)14)4-5-15-10/h4-6,8,11H,7H2,1-3H3. The number of amides is 1. The molecule has 0 spiro atoms. The third kappa shape index (κ3) is 3.76. The number of nitrogens with zero attached hydrogens (tertiary/aromatic N) is 2. The number of pyridine rings is 1. The minimum absolute atomic E-state index is 0.0331. The molecule has 5 heteroatoms. The van der Waals surface area contributed by atoms with Crippen molar-refractivity contribution in [2.45, 2.75) is 26.8 Å². The van der Waals surface area contributed by atoms with Crippen LogP contribution in [0.15, 0.2) is 18.3 Å². The van der Waals surface area contributed by atoms with Gasteiger partial charge in [0.15, 0.2) is 0 Å². The van der Waals surface area contributed by atoms with Gasteiger partial charge in [-0.1, -0.05) is 13.8 Å². The van der Waals surface area contributed by atoms with Gasteiger partial charge >= 0.3 is 0 Å². The molecule has 0 bridgehead atoms. The molecule has 1 amide bonds. The summed E-state index contributed by atoms with van der Waals surface area (Å²) >= 11 is 0. The molecule has 0 aliphatic carbocycles. The summed E-state index contributed by atoms with van der Waals surface area (Å²) in [7, 11) is 1.64. The third-order valence-corrected chi connectivity index (χ3v) is 2.36. The van der Waals surface area contributed by atoms with Crippen LogP contribution in [0.2, 0.25) is 0 Å². The van der Waals surface area contributed by atoms with E-state index in [2.05, 4.69) is 4.98 Å². The van der Waals surface area contributed by atoms with Gasteiger partial charge in [0.25, 0.3) is 6.43 Å². The first-order valence-corrected chi connectivity index (χ1v) is 5.39. The largest absolute Gasteiger partial charge is 0.340 e. The fraction of sp³-hybridized carbons (Fsp3) is 0.500. The molecule has 0 aliphatic heterocycles. The van der Waals surface area contributed by atoms with E-state index in [9.17, 15) is 13.6 Å². The molecule has 1 aromatic rings. The van der Waals surface area contributed by atoms with Gasteiger partial charge in [0, 0.05) is 24.7 Å². The normalized spacial score (nSPS) is 11.0. The lowest BCUT2D eigenvalue weighted by atomic mass is 10.2. The number of halogens is 2. The summed E-state index contributed by atoms with van der Waals surface area (Å²) in [6, 6.07) is 2.60. The van der Waals surface area contributed by atoms with Crippen molar-refractivity contribution in [1.82, 2.24) is 9.88 Å². The van der Waals surface area contributed by atoms with E-state index in [4.69, 9.17) is 0 Å². The highest BCUT2D eigenvalue weighted by Crippen LogP contribution is 2.18. The van der Waals surface area contributed by atoms with E-state index in [-0.39, 0.29) is 23.9 Å². The van der Waals surface area contributed by atoms with Crippen molar-refractivity contribution in [3.05, 3.63) is 29.6 Å². The molecule has 0 radical (unpaired) electrons. The maximum Gasteiger partial charge on any atom is 0.263 e. The van der Waals surface area contributed by atoms with E-state index in [1.807, 2.05) is 0 Å². The van der Waals surface area contributed by atoms with Gasteiger partial charge in [0.1, 0.15) is 0 Å². The number of alkyl halides is 2. The summed E-state index contributed by atoms with van der Waals surface area (Å²) in [6.45, 7) is 3.83. The number of rotatable bonds is 4. The molecule has 0 aromatic carbocycles. The molecule has 17 heavy (non-hydrogen) atoms. The predicted octanol–water partition coefficient (Wildman–Crippen LogP) is 2.63. The Kier molecular flexibility index (Phi) is 4.54. The highest BCUT2D eigenvalue weighted by molar-refractivity contribution is 5.77. The van der Waals surface area contributed by atoms with Gasteiger partial charge in [0.05, 0.1) is 12.2 Å². The Labute approximate surface area is 99.5 Å². The molecule has 0 N–H and O–H groups in total. The van der Waals surface area contributed by atoms with Gasteiger partial charge in [-0.3, -0.25) is 9.78 Å². The smallest absolute Gasteiger partial charge is 0.263 e. The van der Waals surface area contributed by atoms with E-state index >= 15 is 0 Å². The van der Waals surface area contributed by atoms with Crippen LogP contribution in [0.3, 0.4) is 0 Å². The maximum atomic E-state index is 12.5. The number of carbonyl (C=O) groups is 1. The molecule has 94 valence electrons. The highest BCUT2D eigenvalue weighted by Gasteiger charge is 2.14. The van der Waals surface area contributed by atoms with Crippen LogP contribution < -0.4 is 0 Å². The monoisotopic (exact) mass is 242 g/mol. The zero-order valence-electron chi connectivity index (χ0n) is 10.2. The second kappa shape index (κ2) is 5.70. The fourth-order valence-corrected chi connectivity index (χ4v) is 1.48. The van der Waals surface area contributed by atoms with Crippen LogP contribution in [0.4, 0.5) is 8.78 Å². The van der Waals surface area contributed by atoms with Gasteiger partial charge in [-0.2, -0.15) is 0 Å². The van der Waals surface area contributed by atoms with Crippen molar-refractivity contribution >= 4 is 5.91 Å². The summed E-state index contributed by atoms with van der Waals surface area (Å²) < 4.78 is 24.9. The van der Waals surface area contributed by atoms with Crippen LogP contribution in [0.5, 0.6) is 0 Å². The minimum Gasteiger partial charge on any atom is -0.340 e. The van der Waals surface area contributed by atoms with Crippen LogP contribution >= 0.6 is 0 Å². The summed E-state index contributed by atoms with van der Waals surface area (Å²) in [6.07, 6.45) is -1.17. The van der Waals surface area contributed by atoms with E-state index in [0.717, 1.165) is 0 Å². The van der Waals surface area contributed by atoms with Gasteiger partial charge in [-0.15, -0.1) is 0 Å². The van der Waals surface area contributed by atoms with Crippen molar-refractivity contribution in [2.75, 3.05) is 7.05 Å². The molecule has 0 saturated carbocycles. The van der Waals surface area contributed by atoms with Gasteiger partial charge in [-0.05, 0) is 12.1 Å². The molecule has 1 heterocycles. The lowest BCUT2D eigenvalue weighted by Crippen LogP contribution is -2.30. The summed E-state index contributed by atoms with van der Waals surface area (Å²) in [4.78, 5) is 17.1. The Morgan fingerprint density at radius 3 is 2.65 bits per heavy atom. The van der Waals surface area contributed by atoms with Crippen LogP contribution in [0, 0.1) is 5.92 Å². The first kappa shape index (κ1) is 13.5. The molecule has 1 aromatic heterocycles. The average molecular weight is 242 g/mol. The Balaban J connectivity index is 2.75. The Hall–Kier alpha value is -1.52. The molecule has 0 saturated heterocycles. The number of carbonyl (C=O) groups excluding carboxylic acids is 1. The SMILES string of the molecule is CC(C)C(=O)N(C)Cc1cc(C(F)F)ccn1. The molecule has 0 aliphatic rings. The van der Waals surface area contributed by atoms with Gasteiger partial charge < -0.3 is 4.90 Å². The predicted molar refractivity (Wildman–Crippen MR) is 60.5 cm³/mol. The molecule has 1 rings (SSSR count). The van der Waals surface area contributed by atoms with Crippen molar-refractivity contribution in [3.63, 3.8) is 0 Å². The molecular weight excluding hydrogens is 226 g/mol. The Morgan fingerprint density at radius 2 is 2.12 bits per heavy atom. The lowest BCUT2D eigenvalue weighted by Gasteiger charge is -2.19. The van der Waals surface area contributed by atoms with Gasteiger partial charge in [0.2, 0.25) is 5.91 Å². The van der Waals surface area contributed by atoms with Crippen molar-refractivity contribution in [2.24, 2.45) is 5.92 Å². The molecular formula is C12H16F2N2O. The summed E-state index contributed by atoms with van der Waals surface area (Å²) in [5.41, 5.74) is 0.402. The van der Waals surface area contributed by atoms with Crippen molar-refractivity contribution in [3.8, 4) is 0 Å². The van der Waals surface area contributed by atoms with Crippen molar-refractivity contribution < 1.29 is 13.6 Å². The zero-order valence-corrected chi connectivity index (χ0v) is 10.2. The first-order chi connectivity index (χ1) is 7.91. The zero-order chi connectivity index (χ0) is 13.0. The van der Waals surface area contributed by atoms with E-state index < -0.39 is 6.43 Å².